The molecule has 0 spiro atoms. The minimum atomic E-state index is -4.75. The molecule has 0 aliphatic rings. The summed E-state index contributed by atoms with van der Waals surface area (Å²) in [6.07, 6.45) is -3.48. The summed E-state index contributed by atoms with van der Waals surface area (Å²) < 4.78 is 55.0. The summed E-state index contributed by atoms with van der Waals surface area (Å²) >= 11 is 0. The van der Waals surface area contributed by atoms with Crippen LogP contribution in [0, 0.1) is 5.82 Å². The van der Waals surface area contributed by atoms with E-state index in [4.69, 9.17) is 0 Å². The van der Waals surface area contributed by atoms with E-state index >= 15 is 0 Å². The molecule has 0 bridgehead atoms. The highest BCUT2D eigenvalue weighted by Gasteiger charge is 2.38. The van der Waals surface area contributed by atoms with Gasteiger partial charge in [0.15, 0.2) is 0 Å². The van der Waals surface area contributed by atoms with E-state index in [1.54, 1.807) is 7.05 Å². The fourth-order valence-corrected chi connectivity index (χ4v) is 2.97. The smallest absolute Gasteiger partial charge is 0.364 e. The second-order valence-electron chi connectivity index (χ2n) is 6.83. The standard InChI is InChI=1S/C20H13F4N5O3/c1-29(15-14(16(30)17(15)31)26-12-6-3-11(21)4-7-12)9-13-5-2-10(8-25-13)18-27-19(32-28-18)20(22,23)24/h2-8,26H,9H2,1H3. The maximum Gasteiger partial charge on any atom is 0.471 e. The molecule has 4 rings (SSSR count). The quantitative estimate of drug-likeness (QED) is 0.355. The molecule has 0 fully saturated rings. The maximum atomic E-state index is 13.1. The third-order valence-corrected chi connectivity index (χ3v) is 4.53. The van der Waals surface area contributed by atoms with Gasteiger partial charge in [-0.05, 0) is 36.4 Å². The molecule has 2 aromatic carbocycles. The predicted molar refractivity (Wildman–Crippen MR) is 106 cm³/mol. The van der Waals surface area contributed by atoms with Crippen molar-refractivity contribution in [2.24, 2.45) is 0 Å². The van der Waals surface area contributed by atoms with Crippen LogP contribution in [-0.4, -0.2) is 22.2 Å². The Morgan fingerprint density at radius 2 is 1.78 bits per heavy atom. The Balaban J connectivity index is 1.49. The van der Waals surface area contributed by atoms with Gasteiger partial charge in [-0.15, -0.1) is 0 Å². The van der Waals surface area contributed by atoms with Crippen LogP contribution in [0.15, 0.2) is 56.7 Å². The van der Waals surface area contributed by atoms with Crippen LogP contribution in [0.25, 0.3) is 11.4 Å². The fourth-order valence-electron chi connectivity index (χ4n) is 2.97. The van der Waals surface area contributed by atoms with E-state index in [9.17, 15) is 27.2 Å². The summed E-state index contributed by atoms with van der Waals surface area (Å²) in [7, 11) is 1.58. The van der Waals surface area contributed by atoms with Gasteiger partial charge in [0.05, 0.1) is 12.2 Å². The second-order valence-corrected chi connectivity index (χ2v) is 6.83. The first-order chi connectivity index (χ1) is 15.1. The van der Waals surface area contributed by atoms with Crippen molar-refractivity contribution < 1.29 is 22.1 Å². The number of benzene rings is 1. The van der Waals surface area contributed by atoms with Crippen molar-refractivity contribution in [2.45, 2.75) is 12.7 Å². The van der Waals surface area contributed by atoms with Crippen LogP contribution in [0.1, 0.15) is 11.6 Å². The third kappa shape index (κ3) is 4.06. The first-order valence-electron chi connectivity index (χ1n) is 9.06. The number of hydrogen-bond acceptors (Lipinski definition) is 8. The number of nitrogens with zero attached hydrogens (tertiary/aromatic N) is 4. The number of alkyl halides is 3. The Morgan fingerprint density at radius 3 is 2.38 bits per heavy atom. The Hall–Kier alpha value is -4.09. The van der Waals surface area contributed by atoms with Gasteiger partial charge in [0.2, 0.25) is 5.82 Å². The third-order valence-electron chi connectivity index (χ3n) is 4.53. The zero-order chi connectivity index (χ0) is 23.0. The molecule has 0 aliphatic carbocycles. The van der Waals surface area contributed by atoms with Crippen LogP contribution in [0.3, 0.4) is 0 Å². The molecule has 164 valence electrons. The van der Waals surface area contributed by atoms with Crippen molar-refractivity contribution in [1.29, 1.82) is 0 Å². The molecule has 8 nitrogen and oxygen atoms in total. The summed E-state index contributed by atoms with van der Waals surface area (Å²) in [5.41, 5.74) is -0.0448. The summed E-state index contributed by atoms with van der Waals surface area (Å²) in [6, 6.07) is 8.26. The van der Waals surface area contributed by atoms with Gasteiger partial charge < -0.3 is 14.7 Å². The molecular weight excluding hydrogens is 434 g/mol. The Kier molecular flexibility index (Phi) is 5.20. The van der Waals surface area contributed by atoms with Gasteiger partial charge in [0.25, 0.3) is 10.9 Å². The van der Waals surface area contributed by atoms with Crippen LogP contribution < -0.4 is 21.1 Å². The molecule has 4 aromatic rings. The van der Waals surface area contributed by atoms with Crippen molar-refractivity contribution in [3.05, 3.63) is 80.4 Å². The minimum Gasteiger partial charge on any atom is -0.364 e. The largest absolute Gasteiger partial charge is 0.471 e. The minimum absolute atomic E-state index is 0.0761. The zero-order valence-corrected chi connectivity index (χ0v) is 16.3. The van der Waals surface area contributed by atoms with E-state index in [1.165, 1.54) is 47.5 Å². The topological polar surface area (TPSA) is 101 Å². The molecule has 12 heteroatoms. The van der Waals surface area contributed by atoms with Gasteiger partial charge in [-0.2, -0.15) is 18.2 Å². The monoisotopic (exact) mass is 447 g/mol. The van der Waals surface area contributed by atoms with Crippen LogP contribution in [-0.2, 0) is 12.7 Å². The molecule has 2 aromatic heterocycles. The summed E-state index contributed by atoms with van der Waals surface area (Å²) in [5, 5.41) is 6.10. The van der Waals surface area contributed by atoms with E-state index in [0.717, 1.165) is 0 Å². The number of aromatic nitrogens is 3. The normalized spacial score (nSPS) is 11.7. The lowest BCUT2D eigenvalue weighted by molar-refractivity contribution is -0.159. The van der Waals surface area contributed by atoms with Crippen LogP contribution in [0.4, 0.5) is 34.6 Å². The summed E-state index contributed by atoms with van der Waals surface area (Å²) in [5.74, 6) is -2.17. The Labute approximate surface area is 176 Å². The van der Waals surface area contributed by atoms with Crippen molar-refractivity contribution in [2.75, 3.05) is 17.3 Å². The number of nitrogens with one attached hydrogen (secondary N) is 1. The van der Waals surface area contributed by atoms with Gasteiger partial charge in [0, 0.05) is 24.5 Å². The zero-order valence-electron chi connectivity index (χ0n) is 16.3. The molecule has 0 unspecified atom stereocenters. The van der Waals surface area contributed by atoms with Crippen LogP contribution in [0.2, 0.25) is 0 Å². The molecule has 1 N–H and O–H groups in total. The maximum absolute atomic E-state index is 13.1. The number of pyridine rings is 1. The molecule has 0 saturated heterocycles. The average molecular weight is 447 g/mol. The number of rotatable bonds is 6. The predicted octanol–water partition coefficient (Wildman–Crippen LogP) is 3.27. The molecule has 0 atom stereocenters. The van der Waals surface area contributed by atoms with Gasteiger partial charge in [-0.1, -0.05) is 5.16 Å². The molecule has 0 aliphatic heterocycles. The highest BCUT2D eigenvalue weighted by Crippen LogP contribution is 2.29. The molecule has 0 amide bonds. The lowest BCUT2D eigenvalue weighted by atomic mass is 10.1. The molecule has 0 saturated carbocycles. The average Bonchev–Trinajstić information content (AvgIpc) is 3.26. The summed E-state index contributed by atoms with van der Waals surface area (Å²) in [6.45, 7) is 0.128. The number of hydrogen-bond donors (Lipinski definition) is 1. The number of halogens is 4. The highest BCUT2D eigenvalue weighted by molar-refractivity contribution is 5.79. The lowest BCUT2D eigenvalue weighted by Crippen LogP contribution is -2.40. The van der Waals surface area contributed by atoms with Crippen molar-refractivity contribution >= 4 is 17.1 Å². The summed E-state index contributed by atoms with van der Waals surface area (Å²) in [4.78, 5) is 33.0. The van der Waals surface area contributed by atoms with Crippen molar-refractivity contribution in [3.8, 4) is 11.4 Å². The molecule has 32 heavy (non-hydrogen) atoms. The van der Waals surface area contributed by atoms with E-state index in [-0.39, 0.29) is 29.3 Å². The molecular formula is C20H13F4N5O3. The SMILES string of the molecule is CN(Cc1ccc(-c2noc(C(F)(F)F)n2)cn1)c1c(Nc2ccc(F)cc2)c(=O)c1=O. The first-order valence-corrected chi connectivity index (χ1v) is 9.06. The van der Waals surface area contributed by atoms with E-state index in [2.05, 4.69) is 25.0 Å². The van der Waals surface area contributed by atoms with Gasteiger partial charge in [-0.25, -0.2) is 4.39 Å². The number of anilines is 3. The van der Waals surface area contributed by atoms with E-state index in [0.29, 0.717) is 11.4 Å². The Morgan fingerprint density at radius 1 is 1.06 bits per heavy atom. The second kappa shape index (κ2) is 7.87. The van der Waals surface area contributed by atoms with Crippen LogP contribution in [0.5, 0.6) is 0 Å². The van der Waals surface area contributed by atoms with Crippen LogP contribution >= 0.6 is 0 Å². The van der Waals surface area contributed by atoms with E-state index in [1.807, 2.05) is 0 Å². The van der Waals surface area contributed by atoms with Gasteiger partial charge in [0.1, 0.15) is 17.2 Å². The highest BCUT2D eigenvalue weighted by atomic mass is 19.4. The molecule has 2 heterocycles. The fraction of sp³-hybridized carbons (Fsp3) is 0.150. The Bertz CT molecular complexity index is 1320. The van der Waals surface area contributed by atoms with Crippen molar-refractivity contribution in [3.63, 3.8) is 0 Å². The first kappa shape index (κ1) is 21.2. The van der Waals surface area contributed by atoms with Gasteiger partial charge >= 0.3 is 12.1 Å². The molecule has 0 radical (unpaired) electrons. The lowest BCUT2D eigenvalue weighted by Gasteiger charge is -2.23. The van der Waals surface area contributed by atoms with Crippen molar-refractivity contribution in [1.82, 2.24) is 15.1 Å². The van der Waals surface area contributed by atoms with Gasteiger partial charge in [-0.3, -0.25) is 14.6 Å². The van der Waals surface area contributed by atoms with E-state index < -0.39 is 28.7 Å².